The molecule has 0 amide bonds. The number of fused-ring (bicyclic) bond motifs is 1. The number of anilines is 1. The van der Waals surface area contributed by atoms with Crippen molar-refractivity contribution < 1.29 is 13.9 Å². The Morgan fingerprint density at radius 3 is 2.71 bits per heavy atom. The van der Waals surface area contributed by atoms with Crippen LogP contribution >= 0.6 is 27.9 Å². The number of aromatic nitrogens is 3. The molecule has 160 valence electrons. The van der Waals surface area contributed by atoms with Gasteiger partial charge in [-0.25, -0.2) is 13.8 Å². The molecule has 0 unspecified atom stereocenters. The predicted octanol–water partition coefficient (Wildman–Crippen LogP) is 5.24. The van der Waals surface area contributed by atoms with Crippen LogP contribution in [0.25, 0.3) is 16.9 Å². The summed E-state index contributed by atoms with van der Waals surface area (Å²) in [7, 11) is 0. The normalized spacial score (nSPS) is 11.2. The molecular weight excluding hydrogens is 488 g/mol. The highest BCUT2D eigenvalue weighted by Gasteiger charge is 2.13. The molecule has 10 heteroatoms. The fourth-order valence-electron chi connectivity index (χ4n) is 2.94. The molecule has 0 atom stereocenters. The van der Waals surface area contributed by atoms with Crippen molar-refractivity contribution in [3.63, 3.8) is 0 Å². The monoisotopic (exact) mass is 505 g/mol. The van der Waals surface area contributed by atoms with Gasteiger partial charge in [-0.2, -0.15) is 9.61 Å². The minimum atomic E-state index is -0.860. The number of benzene rings is 2. The first-order valence-electron chi connectivity index (χ1n) is 9.44. The summed E-state index contributed by atoms with van der Waals surface area (Å²) >= 11 is 4.71. The van der Waals surface area contributed by atoms with Crippen molar-refractivity contribution in [2.24, 2.45) is 0 Å². The van der Waals surface area contributed by atoms with Gasteiger partial charge in [0, 0.05) is 29.6 Å². The molecule has 0 fully saturated rings. The molecule has 4 rings (SSSR count). The Labute approximate surface area is 190 Å². The first kappa shape index (κ1) is 21.5. The van der Waals surface area contributed by atoms with E-state index in [0.717, 1.165) is 28.8 Å². The fraction of sp³-hybridized carbons (Fsp3) is 0.143. The minimum absolute atomic E-state index is 0.152. The highest BCUT2D eigenvalue weighted by molar-refractivity contribution is 9.10. The SMILES string of the molecule is Oc1ccccc1-c1cc(NCCCNSc2ccc(F)c(F)c2)n2ncc(Br)c2n1. The van der Waals surface area contributed by atoms with Crippen LogP contribution in [0.15, 0.2) is 64.1 Å². The molecule has 0 bridgehead atoms. The van der Waals surface area contributed by atoms with Crippen molar-refractivity contribution in [2.45, 2.75) is 11.3 Å². The molecule has 31 heavy (non-hydrogen) atoms. The van der Waals surface area contributed by atoms with Crippen molar-refractivity contribution in [1.29, 1.82) is 0 Å². The van der Waals surface area contributed by atoms with Crippen LogP contribution in [-0.4, -0.2) is 32.8 Å². The van der Waals surface area contributed by atoms with E-state index in [0.29, 0.717) is 34.9 Å². The number of aromatic hydroxyl groups is 1. The smallest absolute Gasteiger partial charge is 0.172 e. The Balaban J connectivity index is 1.40. The minimum Gasteiger partial charge on any atom is -0.507 e. The first-order chi connectivity index (χ1) is 15.0. The van der Waals surface area contributed by atoms with Crippen LogP contribution in [-0.2, 0) is 0 Å². The Hall–Kier alpha value is -2.69. The second-order valence-corrected chi connectivity index (χ2v) is 8.44. The maximum atomic E-state index is 13.2. The maximum absolute atomic E-state index is 13.2. The molecule has 6 nitrogen and oxygen atoms in total. The third-order valence-electron chi connectivity index (χ3n) is 4.45. The average molecular weight is 506 g/mol. The number of nitrogens with zero attached hydrogens (tertiary/aromatic N) is 3. The number of para-hydroxylation sites is 1. The average Bonchev–Trinajstić information content (AvgIpc) is 3.14. The van der Waals surface area contributed by atoms with Crippen LogP contribution < -0.4 is 10.0 Å². The molecule has 3 N–H and O–H groups in total. The zero-order valence-electron chi connectivity index (χ0n) is 16.1. The topological polar surface area (TPSA) is 74.5 Å². The van der Waals surface area contributed by atoms with Crippen LogP contribution in [0.2, 0.25) is 0 Å². The quantitative estimate of drug-likeness (QED) is 0.224. The van der Waals surface area contributed by atoms with Gasteiger partial charge in [0.2, 0.25) is 0 Å². The van der Waals surface area contributed by atoms with E-state index in [2.05, 4.69) is 36.1 Å². The highest BCUT2D eigenvalue weighted by atomic mass is 79.9. The number of halogens is 3. The van der Waals surface area contributed by atoms with Crippen LogP contribution in [0.1, 0.15) is 6.42 Å². The summed E-state index contributed by atoms with van der Waals surface area (Å²) in [6, 6.07) is 12.7. The van der Waals surface area contributed by atoms with Crippen molar-refractivity contribution in [3.8, 4) is 17.0 Å². The van der Waals surface area contributed by atoms with E-state index in [1.54, 1.807) is 22.8 Å². The molecule has 0 radical (unpaired) electrons. The van der Waals surface area contributed by atoms with Gasteiger partial charge in [0.15, 0.2) is 17.3 Å². The summed E-state index contributed by atoms with van der Waals surface area (Å²) in [6.45, 7) is 1.29. The van der Waals surface area contributed by atoms with E-state index in [1.807, 2.05) is 18.2 Å². The molecule has 0 saturated carbocycles. The molecule has 2 heterocycles. The van der Waals surface area contributed by atoms with Crippen molar-refractivity contribution in [3.05, 3.63) is 70.8 Å². The summed E-state index contributed by atoms with van der Waals surface area (Å²) in [5, 5.41) is 17.9. The number of phenols is 1. The summed E-state index contributed by atoms with van der Waals surface area (Å²) in [4.78, 5) is 5.22. The molecule has 0 aliphatic carbocycles. The van der Waals surface area contributed by atoms with Gasteiger partial charge < -0.3 is 10.4 Å². The van der Waals surface area contributed by atoms with E-state index in [4.69, 9.17) is 0 Å². The van der Waals surface area contributed by atoms with E-state index in [-0.39, 0.29) is 5.75 Å². The largest absolute Gasteiger partial charge is 0.507 e. The van der Waals surface area contributed by atoms with Gasteiger partial charge in [0.1, 0.15) is 11.6 Å². The van der Waals surface area contributed by atoms with Crippen LogP contribution in [0.4, 0.5) is 14.6 Å². The van der Waals surface area contributed by atoms with E-state index in [1.165, 1.54) is 18.0 Å². The number of hydrogen-bond donors (Lipinski definition) is 3. The van der Waals surface area contributed by atoms with Crippen molar-refractivity contribution in [2.75, 3.05) is 18.4 Å². The molecule has 0 saturated heterocycles. The Bertz CT molecular complexity index is 1220. The van der Waals surface area contributed by atoms with Gasteiger partial charge in [-0.3, -0.25) is 4.72 Å². The summed E-state index contributed by atoms with van der Waals surface area (Å²) in [5.74, 6) is -0.826. The van der Waals surface area contributed by atoms with Crippen LogP contribution in [0, 0.1) is 11.6 Å². The van der Waals surface area contributed by atoms with Gasteiger partial charge in [-0.15, -0.1) is 0 Å². The summed E-state index contributed by atoms with van der Waals surface area (Å²) < 4.78 is 31.8. The predicted molar refractivity (Wildman–Crippen MR) is 121 cm³/mol. The fourth-order valence-corrected chi connectivity index (χ4v) is 4.00. The van der Waals surface area contributed by atoms with Crippen molar-refractivity contribution in [1.82, 2.24) is 19.3 Å². The number of nitrogens with one attached hydrogen (secondary N) is 2. The lowest BCUT2D eigenvalue weighted by molar-refractivity contribution is 0.477. The maximum Gasteiger partial charge on any atom is 0.172 e. The van der Waals surface area contributed by atoms with Gasteiger partial charge >= 0.3 is 0 Å². The summed E-state index contributed by atoms with van der Waals surface area (Å²) in [6.07, 6.45) is 2.44. The zero-order chi connectivity index (χ0) is 21.8. The Kier molecular flexibility index (Phi) is 6.69. The van der Waals surface area contributed by atoms with Gasteiger partial charge in [-0.1, -0.05) is 12.1 Å². The van der Waals surface area contributed by atoms with Gasteiger partial charge in [-0.05, 0) is 64.6 Å². The number of hydrogen-bond acceptors (Lipinski definition) is 6. The second-order valence-electron chi connectivity index (χ2n) is 6.62. The molecule has 2 aromatic carbocycles. The lowest BCUT2D eigenvalue weighted by atomic mass is 10.1. The zero-order valence-corrected chi connectivity index (χ0v) is 18.6. The molecule has 0 aliphatic rings. The van der Waals surface area contributed by atoms with Gasteiger partial charge in [0.05, 0.1) is 16.4 Å². The van der Waals surface area contributed by atoms with Crippen LogP contribution in [0.5, 0.6) is 5.75 Å². The lowest BCUT2D eigenvalue weighted by Gasteiger charge is -2.12. The van der Waals surface area contributed by atoms with E-state index < -0.39 is 11.6 Å². The molecule has 2 aromatic heterocycles. The van der Waals surface area contributed by atoms with Crippen LogP contribution in [0.3, 0.4) is 0 Å². The highest BCUT2D eigenvalue weighted by Crippen LogP contribution is 2.31. The number of phenolic OH excluding ortho intramolecular Hbond substituents is 1. The first-order valence-corrected chi connectivity index (χ1v) is 11.0. The second kappa shape index (κ2) is 9.63. The molecule has 0 spiro atoms. The molecular formula is C21H18BrF2N5OS. The lowest BCUT2D eigenvalue weighted by Crippen LogP contribution is -2.13. The third kappa shape index (κ3) is 4.97. The van der Waals surface area contributed by atoms with E-state index in [9.17, 15) is 13.9 Å². The van der Waals surface area contributed by atoms with Crippen molar-refractivity contribution >= 4 is 39.3 Å². The Morgan fingerprint density at radius 1 is 1.06 bits per heavy atom. The Morgan fingerprint density at radius 2 is 1.90 bits per heavy atom. The van der Waals surface area contributed by atoms with E-state index >= 15 is 0 Å². The molecule has 0 aliphatic heterocycles. The molecule has 4 aromatic rings. The third-order valence-corrected chi connectivity index (χ3v) is 5.85. The standard InChI is InChI=1S/C21H18BrF2N5OS/c22-15-12-26-29-20(11-18(28-21(15)29)14-4-1-2-5-19(14)30)25-8-3-9-27-31-13-6-7-16(23)17(24)10-13/h1-2,4-7,10-12,25,27,30H,3,8-9H2. The number of rotatable bonds is 8. The summed E-state index contributed by atoms with van der Waals surface area (Å²) in [5.41, 5.74) is 1.89. The van der Waals surface area contributed by atoms with Gasteiger partial charge in [0.25, 0.3) is 0 Å².